The van der Waals surface area contributed by atoms with E-state index in [1.165, 1.54) is 11.8 Å². The number of aromatic nitrogens is 2. The molecule has 1 N–H and O–H groups in total. The van der Waals surface area contributed by atoms with Crippen LogP contribution in [-0.2, 0) is 7.05 Å². The van der Waals surface area contributed by atoms with Gasteiger partial charge in [0, 0.05) is 18.8 Å². The highest BCUT2D eigenvalue weighted by Crippen LogP contribution is 2.24. The standard InChI is InChI=1S/C13H13N5S/c1-18-8-11(7-16-18)10-4-3-5-12(6-10)17-13(19-2)15-9-14/h3-8H,1-2H3,(H,15,17). The van der Waals surface area contributed by atoms with Gasteiger partial charge in [0.25, 0.3) is 0 Å². The zero-order valence-electron chi connectivity index (χ0n) is 10.7. The molecule has 0 unspecified atom stereocenters. The maximum Gasteiger partial charge on any atom is 0.183 e. The average Bonchev–Trinajstić information content (AvgIpc) is 2.85. The summed E-state index contributed by atoms with van der Waals surface area (Å²) in [5.41, 5.74) is 2.89. The van der Waals surface area contributed by atoms with Crippen LogP contribution in [0.25, 0.3) is 11.1 Å². The van der Waals surface area contributed by atoms with Gasteiger partial charge in [0.05, 0.1) is 11.9 Å². The Balaban J connectivity index is 2.32. The first-order chi connectivity index (χ1) is 9.22. The van der Waals surface area contributed by atoms with Crippen molar-refractivity contribution in [1.82, 2.24) is 15.1 Å². The summed E-state index contributed by atoms with van der Waals surface area (Å²) >= 11 is 1.40. The van der Waals surface area contributed by atoms with Crippen LogP contribution >= 0.6 is 11.8 Å². The van der Waals surface area contributed by atoms with Crippen LogP contribution in [0, 0.1) is 11.5 Å². The smallest absolute Gasteiger partial charge is 0.183 e. The molecule has 6 heteroatoms. The third-order valence-electron chi connectivity index (χ3n) is 2.47. The number of amidine groups is 1. The predicted molar refractivity (Wildman–Crippen MR) is 78.0 cm³/mol. The van der Waals surface area contributed by atoms with Gasteiger partial charge in [0.2, 0.25) is 0 Å². The van der Waals surface area contributed by atoms with Crippen molar-refractivity contribution in [2.45, 2.75) is 0 Å². The van der Waals surface area contributed by atoms with Gasteiger partial charge in [-0.3, -0.25) is 10.00 Å². The molecule has 0 atom stereocenters. The first-order valence-corrected chi connectivity index (χ1v) is 6.82. The molecule has 1 heterocycles. The Bertz CT molecular complexity index is 638. The topological polar surface area (TPSA) is 66.0 Å². The summed E-state index contributed by atoms with van der Waals surface area (Å²) in [7, 11) is 1.88. The van der Waals surface area contributed by atoms with Gasteiger partial charge in [-0.25, -0.2) is 4.99 Å². The van der Waals surface area contributed by atoms with Gasteiger partial charge in [0.15, 0.2) is 11.4 Å². The third-order valence-corrected chi connectivity index (χ3v) is 3.05. The molecule has 0 saturated heterocycles. The van der Waals surface area contributed by atoms with E-state index in [-0.39, 0.29) is 0 Å². The summed E-state index contributed by atoms with van der Waals surface area (Å²) in [6.45, 7) is 0. The highest BCUT2D eigenvalue weighted by molar-refractivity contribution is 8.13. The fraction of sp³-hybridized carbons (Fsp3) is 0.154. The van der Waals surface area contributed by atoms with E-state index >= 15 is 0 Å². The number of rotatable bonds is 2. The number of nitrogens with one attached hydrogen (secondary N) is 1. The number of thioether (sulfide) groups is 1. The summed E-state index contributed by atoms with van der Waals surface area (Å²) < 4.78 is 1.76. The van der Waals surface area contributed by atoms with Crippen LogP contribution in [0.3, 0.4) is 0 Å². The lowest BCUT2D eigenvalue weighted by molar-refractivity contribution is 0.768. The molecule has 0 spiro atoms. The summed E-state index contributed by atoms with van der Waals surface area (Å²) in [4.78, 5) is 4.38. The Morgan fingerprint density at radius 1 is 1.47 bits per heavy atom. The lowest BCUT2D eigenvalue weighted by Gasteiger charge is -2.02. The molecule has 0 aliphatic carbocycles. The molecule has 2 aromatic rings. The maximum atomic E-state index is 8.61. The van der Waals surface area contributed by atoms with Crippen LogP contribution in [0.2, 0.25) is 0 Å². The molecular weight excluding hydrogens is 258 g/mol. The Kier molecular flexibility index (Phi) is 4.21. The van der Waals surface area contributed by atoms with Crippen molar-refractivity contribution < 1.29 is 0 Å². The van der Waals surface area contributed by atoms with Gasteiger partial charge >= 0.3 is 0 Å². The molecule has 0 radical (unpaired) electrons. The first-order valence-electron chi connectivity index (χ1n) is 5.60. The summed E-state index contributed by atoms with van der Waals surface area (Å²) in [6, 6.07) is 7.80. The van der Waals surface area contributed by atoms with Crippen molar-refractivity contribution in [3.63, 3.8) is 0 Å². The SMILES string of the molecule is CSC(=Nc1cccc(-c2cnn(C)c2)c1)NC#N. The van der Waals surface area contributed by atoms with Crippen LogP contribution in [0.5, 0.6) is 0 Å². The van der Waals surface area contributed by atoms with Crippen LogP contribution in [0.15, 0.2) is 41.7 Å². The van der Waals surface area contributed by atoms with E-state index in [0.717, 1.165) is 16.8 Å². The highest BCUT2D eigenvalue weighted by Gasteiger charge is 2.02. The molecule has 2 rings (SSSR count). The molecule has 0 saturated carbocycles. The van der Waals surface area contributed by atoms with E-state index in [9.17, 15) is 0 Å². The quantitative estimate of drug-likeness (QED) is 0.394. The Morgan fingerprint density at radius 2 is 2.32 bits per heavy atom. The van der Waals surface area contributed by atoms with Crippen molar-refractivity contribution >= 4 is 22.6 Å². The van der Waals surface area contributed by atoms with E-state index in [0.29, 0.717) is 5.17 Å². The minimum Gasteiger partial charge on any atom is -0.275 e. The number of nitriles is 1. The normalized spacial score (nSPS) is 11.1. The number of benzene rings is 1. The molecule has 1 aromatic heterocycles. The molecule has 0 aliphatic rings. The molecule has 1 aromatic carbocycles. The van der Waals surface area contributed by atoms with Gasteiger partial charge in [-0.1, -0.05) is 23.9 Å². The van der Waals surface area contributed by atoms with Crippen LogP contribution < -0.4 is 5.32 Å². The lowest BCUT2D eigenvalue weighted by Crippen LogP contribution is -2.12. The van der Waals surface area contributed by atoms with Crippen molar-refractivity contribution in [2.24, 2.45) is 12.0 Å². The van der Waals surface area contributed by atoms with E-state index < -0.39 is 0 Å². The van der Waals surface area contributed by atoms with E-state index in [1.54, 1.807) is 4.68 Å². The second-order valence-electron chi connectivity index (χ2n) is 3.81. The van der Waals surface area contributed by atoms with Gasteiger partial charge in [-0.15, -0.1) is 0 Å². The summed E-state index contributed by atoms with van der Waals surface area (Å²) in [6.07, 6.45) is 7.50. The number of hydrogen-bond acceptors (Lipinski definition) is 4. The molecule has 0 amide bonds. The van der Waals surface area contributed by atoms with Crippen LogP contribution in [0.4, 0.5) is 5.69 Å². The molecule has 96 valence electrons. The van der Waals surface area contributed by atoms with E-state index in [4.69, 9.17) is 5.26 Å². The monoisotopic (exact) mass is 271 g/mol. The number of aliphatic imine (C=N–C) groups is 1. The van der Waals surface area contributed by atoms with E-state index in [2.05, 4.69) is 15.4 Å². The van der Waals surface area contributed by atoms with Gasteiger partial charge < -0.3 is 0 Å². The molecule has 0 fully saturated rings. The number of nitrogens with zero attached hydrogens (tertiary/aromatic N) is 4. The van der Waals surface area contributed by atoms with Gasteiger partial charge in [-0.05, 0) is 24.0 Å². The van der Waals surface area contributed by atoms with Crippen LogP contribution in [-0.4, -0.2) is 21.2 Å². The lowest BCUT2D eigenvalue weighted by atomic mass is 10.1. The van der Waals surface area contributed by atoms with Crippen LogP contribution in [0.1, 0.15) is 0 Å². The summed E-state index contributed by atoms with van der Waals surface area (Å²) in [5.74, 6) is 0. The molecular formula is C13H13N5S. The number of hydrogen-bond donors (Lipinski definition) is 1. The zero-order chi connectivity index (χ0) is 13.7. The van der Waals surface area contributed by atoms with Crippen molar-refractivity contribution in [2.75, 3.05) is 6.26 Å². The van der Waals surface area contributed by atoms with Crippen molar-refractivity contribution in [1.29, 1.82) is 5.26 Å². The predicted octanol–water partition coefficient (Wildman–Crippen LogP) is 2.51. The largest absolute Gasteiger partial charge is 0.275 e. The Morgan fingerprint density at radius 3 is 2.95 bits per heavy atom. The van der Waals surface area contributed by atoms with Gasteiger partial charge in [0.1, 0.15) is 0 Å². The number of aryl methyl sites for hydroxylation is 1. The Labute approximate surface area is 116 Å². The van der Waals surface area contributed by atoms with Gasteiger partial charge in [-0.2, -0.15) is 10.4 Å². The third kappa shape index (κ3) is 3.36. The molecule has 0 aliphatic heterocycles. The molecule has 5 nitrogen and oxygen atoms in total. The highest BCUT2D eigenvalue weighted by atomic mass is 32.2. The average molecular weight is 271 g/mol. The molecule has 0 bridgehead atoms. The second kappa shape index (κ2) is 6.07. The van der Waals surface area contributed by atoms with Crippen molar-refractivity contribution in [3.05, 3.63) is 36.7 Å². The van der Waals surface area contributed by atoms with Crippen molar-refractivity contribution in [3.8, 4) is 17.3 Å². The first kappa shape index (κ1) is 13.2. The summed E-state index contributed by atoms with van der Waals surface area (Å²) in [5, 5.41) is 15.9. The van der Waals surface area contributed by atoms with E-state index in [1.807, 2.05) is 56.2 Å². The fourth-order valence-electron chi connectivity index (χ4n) is 1.62. The maximum absolute atomic E-state index is 8.61. The Hall–Kier alpha value is -2.26. The minimum atomic E-state index is 0.575. The molecule has 19 heavy (non-hydrogen) atoms. The zero-order valence-corrected chi connectivity index (χ0v) is 11.5. The minimum absolute atomic E-state index is 0.575. The second-order valence-corrected chi connectivity index (χ2v) is 4.61. The fourth-order valence-corrected chi connectivity index (χ4v) is 1.96.